The monoisotopic (exact) mass is 354 g/mol. The van der Waals surface area contributed by atoms with E-state index in [1.54, 1.807) is 4.44 Å². The fourth-order valence-electron chi connectivity index (χ4n) is 2.67. The van der Waals surface area contributed by atoms with Gasteiger partial charge < -0.3 is 0 Å². The SMILES string of the molecule is CCCCc1[se]c(-c2ccccc2)cc1-c1ccc(C)cc1. The second-order valence-corrected chi connectivity index (χ2v) is 8.17. The Hall–Kier alpha value is -1.56. The van der Waals surface area contributed by atoms with Gasteiger partial charge in [-0.2, -0.15) is 0 Å². The molecule has 3 rings (SSSR count). The molecule has 0 amide bonds. The molecule has 3 aromatic rings. The summed E-state index contributed by atoms with van der Waals surface area (Å²) in [6.07, 6.45) is 3.80. The summed E-state index contributed by atoms with van der Waals surface area (Å²) in [5.74, 6) is 0. The van der Waals surface area contributed by atoms with Crippen LogP contribution in [0.2, 0.25) is 0 Å². The summed E-state index contributed by atoms with van der Waals surface area (Å²) in [7, 11) is 0. The molecule has 0 unspecified atom stereocenters. The van der Waals surface area contributed by atoms with Crippen molar-refractivity contribution in [3.63, 3.8) is 0 Å². The van der Waals surface area contributed by atoms with Crippen LogP contribution >= 0.6 is 0 Å². The Morgan fingerprint density at radius 3 is 2.27 bits per heavy atom. The Balaban J connectivity index is 2.03. The van der Waals surface area contributed by atoms with Gasteiger partial charge in [0.1, 0.15) is 0 Å². The Bertz CT molecular complexity index is 720. The molecule has 0 saturated heterocycles. The normalized spacial score (nSPS) is 10.8. The fraction of sp³-hybridized carbons (Fsp3) is 0.238. The van der Waals surface area contributed by atoms with Crippen molar-refractivity contribution in [2.75, 3.05) is 0 Å². The molecule has 0 aliphatic carbocycles. The van der Waals surface area contributed by atoms with Crippen molar-refractivity contribution in [3.05, 3.63) is 70.7 Å². The number of hydrogen-bond donors (Lipinski definition) is 0. The van der Waals surface area contributed by atoms with Gasteiger partial charge in [-0.15, -0.1) is 0 Å². The van der Waals surface area contributed by atoms with Crippen LogP contribution in [0, 0.1) is 6.92 Å². The number of aryl methyl sites for hydroxylation is 2. The van der Waals surface area contributed by atoms with E-state index in [0.717, 1.165) is 0 Å². The third-order valence-corrected chi connectivity index (χ3v) is 6.60. The first kappa shape index (κ1) is 15.3. The summed E-state index contributed by atoms with van der Waals surface area (Å²) in [6, 6.07) is 22.3. The zero-order valence-electron chi connectivity index (χ0n) is 13.3. The molecule has 0 saturated carbocycles. The Kier molecular flexibility index (Phi) is 4.97. The van der Waals surface area contributed by atoms with Crippen molar-refractivity contribution in [2.24, 2.45) is 0 Å². The average molecular weight is 353 g/mol. The molecule has 1 heteroatoms. The summed E-state index contributed by atoms with van der Waals surface area (Å²) >= 11 is 0.469. The van der Waals surface area contributed by atoms with E-state index in [4.69, 9.17) is 0 Å². The van der Waals surface area contributed by atoms with Crippen LogP contribution in [0.3, 0.4) is 0 Å². The Morgan fingerprint density at radius 2 is 1.59 bits per heavy atom. The number of unbranched alkanes of at least 4 members (excludes halogenated alkanes) is 1. The molecule has 0 fully saturated rings. The van der Waals surface area contributed by atoms with Gasteiger partial charge in [-0.05, 0) is 0 Å². The number of benzene rings is 2. The molecule has 1 aromatic heterocycles. The van der Waals surface area contributed by atoms with Crippen LogP contribution in [0.15, 0.2) is 60.7 Å². The van der Waals surface area contributed by atoms with Gasteiger partial charge in [-0.1, -0.05) is 0 Å². The van der Waals surface area contributed by atoms with Crippen LogP contribution < -0.4 is 0 Å². The molecule has 112 valence electrons. The quantitative estimate of drug-likeness (QED) is 0.514. The molecule has 0 radical (unpaired) electrons. The van der Waals surface area contributed by atoms with E-state index in [-0.39, 0.29) is 0 Å². The molecule has 0 aliphatic heterocycles. The maximum atomic E-state index is 2.44. The second-order valence-electron chi connectivity index (χ2n) is 5.78. The van der Waals surface area contributed by atoms with Gasteiger partial charge in [0.25, 0.3) is 0 Å². The molecule has 22 heavy (non-hydrogen) atoms. The van der Waals surface area contributed by atoms with Crippen LogP contribution in [0.4, 0.5) is 0 Å². The minimum atomic E-state index is 0.469. The van der Waals surface area contributed by atoms with Gasteiger partial charge in [0.2, 0.25) is 0 Å². The molecular formula is C21H22Se. The molecule has 0 bridgehead atoms. The third-order valence-electron chi connectivity index (χ3n) is 3.99. The Morgan fingerprint density at radius 1 is 0.864 bits per heavy atom. The molecule has 0 spiro atoms. The van der Waals surface area contributed by atoms with Crippen molar-refractivity contribution in [1.29, 1.82) is 0 Å². The first-order valence-electron chi connectivity index (χ1n) is 8.03. The number of hydrogen-bond acceptors (Lipinski definition) is 0. The number of rotatable bonds is 5. The van der Waals surface area contributed by atoms with E-state index in [1.165, 1.54) is 46.0 Å². The standard InChI is InChI=1S/C21H22Se/c1-3-4-10-20-19(17-13-11-16(2)12-14-17)15-21(22-20)18-8-6-5-7-9-18/h5-9,11-15H,3-4,10H2,1-2H3. The van der Waals surface area contributed by atoms with Gasteiger partial charge in [0.15, 0.2) is 0 Å². The third kappa shape index (κ3) is 3.43. The topological polar surface area (TPSA) is 0 Å². The van der Waals surface area contributed by atoms with Crippen LogP contribution in [0.25, 0.3) is 21.1 Å². The van der Waals surface area contributed by atoms with E-state index >= 15 is 0 Å². The first-order chi connectivity index (χ1) is 10.8. The van der Waals surface area contributed by atoms with Gasteiger partial charge in [0.05, 0.1) is 0 Å². The Labute approximate surface area is 139 Å². The second kappa shape index (κ2) is 7.13. The summed E-state index contributed by atoms with van der Waals surface area (Å²) in [5, 5.41) is 0. The van der Waals surface area contributed by atoms with E-state index in [0.29, 0.717) is 14.5 Å². The van der Waals surface area contributed by atoms with Crippen molar-refractivity contribution >= 4 is 14.5 Å². The summed E-state index contributed by atoms with van der Waals surface area (Å²) in [6.45, 7) is 4.43. The van der Waals surface area contributed by atoms with Crippen molar-refractivity contribution in [3.8, 4) is 21.1 Å². The zero-order valence-corrected chi connectivity index (χ0v) is 15.0. The molecule has 0 N–H and O–H groups in total. The van der Waals surface area contributed by atoms with Gasteiger partial charge in [-0.3, -0.25) is 0 Å². The summed E-state index contributed by atoms with van der Waals surface area (Å²) in [5.41, 5.74) is 5.57. The van der Waals surface area contributed by atoms with Gasteiger partial charge in [0, 0.05) is 0 Å². The molecule has 0 nitrogen and oxygen atoms in total. The van der Waals surface area contributed by atoms with Crippen LogP contribution in [-0.2, 0) is 6.42 Å². The fourth-order valence-corrected chi connectivity index (χ4v) is 5.25. The molecular weight excluding hydrogens is 331 g/mol. The summed E-state index contributed by atoms with van der Waals surface area (Å²) < 4.78 is 3.19. The predicted octanol–water partition coefficient (Wildman–Crippen LogP) is 5.73. The van der Waals surface area contributed by atoms with Crippen molar-refractivity contribution < 1.29 is 0 Å². The molecule has 0 aliphatic rings. The van der Waals surface area contributed by atoms with Gasteiger partial charge in [-0.25, -0.2) is 0 Å². The van der Waals surface area contributed by atoms with Crippen LogP contribution in [0.1, 0.15) is 29.8 Å². The first-order valence-corrected chi connectivity index (χ1v) is 9.74. The van der Waals surface area contributed by atoms with E-state index in [1.807, 2.05) is 0 Å². The maximum absolute atomic E-state index is 2.44. The van der Waals surface area contributed by atoms with E-state index in [9.17, 15) is 0 Å². The van der Waals surface area contributed by atoms with Crippen LogP contribution in [-0.4, -0.2) is 14.5 Å². The molecule has 1 heterocycles. The van der Waals surface area contributed by atoms with Crippen molar-refractivity contribution in [2.45, 2.75) is 33.1 Å². The minimum absolute atomic E-state index is 0.469. The average Bonchev–Trinajstić information content (AvgIpc) is 2.98. The van der Waals surface area contributed by atoms with E-state index < -0.39 is 0 Å². The van der Waals surface area contributed by atoms with Gasteiger partial charge >= 0.3 is 139 Å². The predicted molar refractivity (Wildman–Crippen MR) is 97.6 cm³/mol. The van der Waals surface area contributed by atoms with Crippen molar-refractivity contribution in [1.82, 2.24) is 0 Å². The van der Waals surface area contributed by atoms with Crippen LogP contribution in [0.5, 0.6) is 0 Å². The molecule has 0 atom stereocenters. The van der Waals surface area contributed by atoms with E-state index in [2.05, 4.69) is 74.5 Å². The molecule has 2 aromatic carbocycles. The zero-order chi connectivity index (χ0) is 15.4. The summed E-state index contributed by atoms with van der Waals surface area (Å²) in [4.78, 5) is 0.